The van der Waals surface area contributed by atoms with Crippen LogP contribution in [-0.4, -0.2) is 70.7 Å². The molecule has 2 aliphatic rings. The van der Waals surface area contributed by atoms with Gasteiger partial charge in [0, 0.05) is 48.2 Å². The number of rotatable bonds is 9. The van der Waals surface area contributed by atoms with Crippen LogP contribution in [0.15, 0.2) is 51.5 Å². The predicted octanol–water partition coefficient (Wildman–Crippen LogP) is 6.67. The Kier molecular flexibility index (Phi) is 20.0. The second-order valence-electron chi connectivity index (χ2n) is 9.79. The Labute approximate surface area is 229 Å². The summed E-state index contributed by atoms with van der Waals surface area (Å²) < 4.78 is 24.9. The van der Waals surface area contributed by atoms with E-state index < -0.39 is 5.83 Å². The minimum absolute atomic E-state index is 0.0497. The van der Waals surface area contributed by atoms with Crippen molar-refractivity contribution < 1.29 is 18.7 Å². The lowest BCUT2D eigenvalue weighted by Crippen LogP contribution is -2.23. The van der Waals surface area contributed by atoms with Crippen molar-refractivity contribution in [3.63, 3.8) is 0 Å². The normalized spacial score (nSPS) is 16.9. The van der Waals surface area contributed by atoms with Crippen molar-refractivity contribution in [1.82, 2.24) is 10.2 Å². The van der Waals surface area contributed by atoms with Crippen LogP contribution >= 0.6 is 11.8 Å². The molecule has 212 valence electrons. The van der Waals surface area contributed by atoms with Crippen molar-refractivity contribution in [1.29, 1.82) is 0 Å². The summed E-state index contributed by atoms with van der Waals surface area (Å²) in [5.74, 6) is 1.46. The second-order valence-corrected chi connectivity index (χ2v) is 10.9. The summed E-state index contributed by atoms with van der Waals surface area (Å²) in [6, 6.07) is -0.0497. The van der Waals surface area contributed by atoms with Crippen LogP contribution < -0.4 is 5.32 Å². The number of nitrogens with zero attached hydrogens (tertiary/aromatic N) is 2. The number of methoxy groups -OCH3 is 2. The maximum atomic E-state index is 14.5. The van der Waals surface area contributed by atoms with Crippen LogP contribution in [0.2, 0.25) is 0 Å². The van der Waals surface area contributed by atoms with E-state index in [0.717, 1.165) is 30.8 Å². The Hall–Kier alpha value is -1.90. The molecule has 0 bridgehead atoms. The van der Waals surface area contributed by atoms with Gasteiger partial charge in [0.1, 0.15) is 22.4 Å². The van der Waals surface area contributed by atoms with E-state index in [1.165, 1.54) is 58.8 Å². The molecule has 1 fully saturated rings. The van der Waals surface area contributed by atoms with Crippen LogP contribution in [0.25, 0.3) is 0 Å². The van der Waals surface area contributed by atoms with Gasteiger partial charge < -0.3 is 19.7 Å². The maximum Gasteiger partial charge on any atom is 0.156 e. The van der Waals surface area contributed by atoms with Crippen LogP contribution in [0.3, 0.4) is 0 Å². The van der Waals surface area contributed by atoms with Gasteiger partial charge in [-0.3, -0.25) is 9.79 Å². The van der Waals surface area contributed by atoms with Crippen molar-refractivity contribution in [2.75, 3.05) is 48.5 Å². The highest BCUT2D eigenvalue weighted by atomic mass is 32.2. The van der Waals surface area contributed by atoms with Crippen LogP contribution in [0.4, 0.5) is 4.39 Å². The van der Waals surface area contributed by atoms with Gasteiger partial charge in [0.2, 0.25) is 0 Å². The monoisotopic (exact) mass is 539 g/mol. The number of thioether (sulfide) groups is 1. The van der Waals surface area contributed by atoms with Gasteiger partial charge in [0.15, 0.2) is 6.29 Å². The largest absolute Gasteiger partial charge is 0.501 e. The number of nitrogens with one attached hydrogen (secondary N) is 1. The number of allylic oxidation sites excluding steroid dienone is 5. The molecule has 37 heavy (non-hydrogen) atoms. The summed E-state index contributed by atoms with van der Waals surface area (Å²) in [6.45, 7) is 12.0. The maximum absolute atomic E-state index is 14.5. The number of likely N-dealkylation sites (N-methyl/N-ethyl adjacent to an activating group) is 2. The average molecular weight is 540 g/mol. The fourth-order valence-corrected chi connectivity index (χ4v) is 4.37. The summed E-state index contributed by atoms with van der Waals surface area (Å²) in [5, 5.41) is 3.48. The van der Waals surface area contributed by atoms with E-state index >= 15 is 0 Å². The molecular formula is C29H50FN3O3S. The third kappa shape index (κ3) is 17.3. The molecule has 0 aromatic carbocycles. The van der Waals surface area contributed by atoms with Gasteiger partial charge in [-0.1, -0.05) is 63.8 Å². The smallest absolute Gasteiger partial charge is 0.156 e. The Morgan fingerprint density at radius 2 is 1.84 bits per heavy atom. The standard InChI is InChI=1S/C16H20FNO3S.C8H16.C5H14N2/c1-10(2)18-16(22-11(3)9-19)14-7-12(20-4)6-13(21-5)8-15(14)17;1-8-6-4-2-3-5-7-8;1-6-4-5-7(2)3/h6,8-10H,3,7H2,1-2,4-5H3;8H,2-7H2,1H3;6H,4-5H2,1-3H3. The van der Waals surface area contributed by atoms with Gasteiger partial charge >= 0.3 is 0 Å². The highest BCUT2D eigenvalue weighted by Crippen LogP contribution is 2.31. The number of ether oxygens (including phenoxy) is 2. The van der Waals surface area contributed by atoms with Gasteiger partial charge in [-0.15, -0.1) is 0 Å². The number of halogens is 1. The molecule has 0 aromatic rings. The number of carbonyl (C=O) groups excluding carboxylic acids is 1. The molecule has 0 aliphatic heterocycles. The fourth-order valence-electron chi connectivity index (χ4n) is 3.52. The number of hydrogen-bond acceptors (Lipinski definition) is 7. The summed E-state index contributed by atoms with van der Waals surface area (Å²) in [4.78, 5) is 17.6. The number of hydrogen-bond donors (Lipinski definition) is 1. The summed E-state index contributed by atoms with van der Waals surface area (Å²) in [5.41, 5.74) is 0.349. The fraction of sp³-hybridized carbons (Fsp3) is 0.655. The van der Waals surface area contributed by atoms with E-state index in [4.69, 9.17) is 9.47 Å². The average Bonchev–Trinajstić information content (AvgIpc) is 3.20. The minimum atomic E-state index is -0.467. The lowest BCUT2D eigenvalue weighted by Gasteiger charge is -2.13. The third-order valence-corrected chi connectivity index (χ3v) is 6.56. The summed E-state index contributed by atoms with van der Waals surface area (Å²) >= 11 is 1.05. The molecule has 0 heterocycles. The first-order valence-corrected chi connectivity index (χ1v) is 14.0. The van der Waals surface area contributed by atoms with Crippen LogP contribution in [0, 0.1) is 5.92 Å². The molecule has 2 rings (SSSR count). The number of carbonyl (C=O) groups is 1. The van der Waals surface area contributed by atoms with Crippen molar-refractivity contribution in [3.05, 3.63) is 46.6 Å². The molecule has 0 saturated heterocycles. The highest BCUT2D eigenvalue weighted by Gasteiger charge is 2.21. The molecule has 6 nitrogen and oxygen atoms in total. The highest BCUT2D eigenvalue weighted by molar-refractivity contribution is 8.18. The lowest BCUT2D eigenvalue weighted by molar-refractivity contribution is -0.104. The first kappa shape index (κ1) is 35.1. The SMILES string of the molecule is C=C(C=O)SC(=NC(C)C)C1=C(F)C=C(OC)C=C(OC)C1.CC1CCCCCC1.CNCCN(C)C. The quantitative estimate of drug-likeness (QED) is 0.116. The van der Waals surface area contributed by atoms with Gasteiger partial charge in [-0.25, -0.2) is 4.39 Å². The molecule has 1 N–H and O–H groups in total. The van der Waals surface area contributed by atoms with E-state index in [1.54, 1.807) is 6.08 Å². The van der Waals surface area contributed by atoms with Crippen molar-refractivity contribution in [2.24, 2.45) is 10.9 Å². The summed E-state index contributed by atoms with van der Waals surface area (Å²) in [6.07, 6.45) is 12.7. The molecule has 0 unspecified atom stereocenters. The zero-order chi connectivity index (χ0) is 28.2. The van der Waals surface area contributed by atoms with E-state index in [0.29, 0.717) is 28.4 Å². The molecular weight excluding hydrogens is 489 g/mol. The van der Waals surface area contributed by atoms with E-state index in [9.17, 15) is 9.18 Å². The van der Waals surface area contributed by atoms with Crippen LogP contribution in [0.1, 0.15) is 65.7 Å². The predicted molar refractivity (Wildman–Crippen MR) is 158 cm³/mol. The Morgan fingerprint density at radius 1 is 1.22 bits per heavy atom. The van der Waals surface area contributed by atoms with Crippen LogP contribution in [-0.2, 0) is 14.3 Å². The Morgan fingerprint density at radius 3 is 2.27 bits per heavy atom. The molecule has 2 aliphatic carbocycles. The molecule has 0 atom stereocenters. The van der Waals surface area contributed by atoms with Gasteiger partial charge in [-0.05, 0) is 40.9 Å². The number of aldehydes is 1. The second kappa shape index (κ2) is 21.1. The van der Waals surface area contributed by atoms with E-state index in [2.05, 4.69) is 42.8 Å². The van der Waals surface area contributed by atoms with E-state index in [-0.39, 0.29) is 17.4 Å². The van der Waals surface area contributed by atoms with Gasteiger partial charge in [-0.2, -0.15) is 0 Å². The Bertz CT molecular complexity index is 796. The lowest BCUT2D eigenvalue weighted by atomic mass is 10.0. The van der Waals surface area contributed by atoms with Crippen molar-refractivity contribution in [2.45, 2.75) is 71.8 Å². The first-order valence-electron chi connectivity index (χ1n) is 13.2. The zero-order valence-corrected chi connectivity index (χ0v) is 25.2. The summed E-state index contributed by atoms with van der Waals surface area (Å²) in [7, 11) is 9.06. The van der Waals surface area contributed by atoms with Gasteiger partial charge in [0.05, 0.1) is 14.2 Å². The molecule has 8 heteroatoms. The molecule has 0 amide bonds. The van der Waals surface area contributed by atoms with Crippen LogP contribution in [0.5, 0.6) is 0 Å². The minimum Gasteiger partial charge on any atom is -0.501 e. The number of aliphatic imine (C=N–C) groups is 1. The van der Waals surface area contributed by atoms with Crippen molar-refractivity contribution >= 4 is 23.1 Å². The zero-order valence-electron chi connectivity index (χ0n) is 24.4. The van der Waals surface area contributed by atoms with E-state index in [1.807, 2.05) is 20.9 Å². The Balaban J connectivity index is 0.000000699. The third-order valence-electron chi connectivity index (χ3n) is 5.66. The molecule has 0 aromatic heterocycles. The van der Waals surface area contributed by atoms with Crippen molar-refractivity contribution in [3.8, 4) is 0 Å². The van der Waals surface area contributed by atoms with Gasteiger partial charge in [0.25, 0.3) is 0 Å². The molecule has 1 saturated carbocycles. The topological polar surface area (TPSA) is 63.2 Å². The molecule has 0 radical (unpaired) electrons. The first-order chi connectivity index (χ1) is 17.6. The molecule has 0 spiro atoms.